The van der Waals surface area contributed by atoms with E-state index >= 15 is 0 Å². The van der Waals surface area contributed by atoms with E-state index in [1.54, 1.807) is 0 Å². The van der Waals surface area contributed by atoms with Crippen molar-refractivity contribution < 1.29 is 4.74 Å². The summed E-state index contributed by atoms with van der Waals surface area (Å²) in [5.74, 6) is 0.704. The average molecular weight is 290 g/mol. The monoisotopic (exact) mass is 290 g/mol. The summed E-state index contributed by atoms with van der Waals surface area (Å²) in [5, 5.41) is 3.48. The van der Waals surface area contributed by atoms with E-state index in [4.69, 9.17) is 4.74 Å². The predicted octanol–water partition coefficient (Wildman–Crippen LogP) is 3.04. The van der Waals surface area contributed by atoms with Crippen LogP contribution in [0.4, 0.5) is 0 Å². The molecule has 3 heteroatoms. The van der Waals surface area contributed by atoms with Crippen molar-refractivity contribution in [3.8, 4) is 0 Å². The summed E-state index contributed by atoms with van der Waals surface area (Å²) >= 11 is 0. The lowest BCUT2D eigenvalue weighted by atomic mass is 10.1. The number of hydrogen-bond acceptors (Lipinski definition) is 3. The summed E-state index contributed by atoms with van der Waals surface area (Å²) < 4.78 is 5.69. The first-order chi connectivity index (χ1) is 10.1. The van der Waals surface area contributed by atoms with Crippen molar-refractivity contribution in [1.29, 1.82) is 0 Å². The number of likely N-dealkylation sites (N-methyl/N-ethyl adjacent to an activating group) is 1. The molecule has 21 heavy (non-hydrogen) atoms. The molecule has 1 N–H and O–H groups in total. The van der Waals surface area contributed by atoms with Crippen LogP contribution in [0.1, 0.15) is 37.8 Å². The third kappa shape index (κ3) is 6.16. The molecule has 0 bridgehead atoms. The normalized spacial score (nSPS) is 18.8. The van der Waals surface area contributed by atoms with Gasteiger partial charge in [-0.2, -0.15) is 0 Å². The van der Waals surface area contributed by atoms with Crippen LogP contribution in [-0.2, 0) is 17.8 Å². The molecule has 0 radical (unpaired) electrons. The average Bonchev–Trinajstić information content (AvgIpc) is 2.93. The van der Waals surface area contributed by atoms with Crippen LogP contribution in [-0.4, -0.2) is 37.7 Å². The van der Waals surface area contributed by atoms with E-state index in [1.807, 2.05) is 0 Å². The van der Waals surface area contributed by atoms with E-state index in [2.05, 4.69) is 55.4 Å². The van der Waals surface area contributed by atoms with E-state index in [0.717, 1.165) is 32.8 Å². The van der Waals surface area contributed by atoms with Gasteiger partial charge in [-0.1, -0.05) is 38.1 Å². The Morgan fingerprint density at radius 3 is 2.57 bits per heavy atom. The maximum atomic E-state index is 5.69. The summed E-state index contributed by atoms with van der Waals surface area (Å²) in [4.78, 5) is 2.36. The van der Waals surface area contributed by atoms with Crippen molar-refractivity contribution in [3.63, 3.8) is 0 Å². The third-order valence-corrected chi connectivity index (χ3v) is 3.90. The molecule has 3 nitrogen and oxygen atoms in total. The highest BCUT2D eigenvalue weighted by molar-refractivity contribution is 5.22. The Morgan fingerprint density at radius 2 is 1.95 bits per heavy atom. The molecule has 0 amide bonds. The molecule has 1 aromatic rings. The fraction of sp³-hybridized carbons (Fsp3) is 0.667. The Morgan fingerprint density at radius 1 is 1.24 bits per heavy atom. The van der Waals surface area contributed by atoms with Crippen LogP contribution < -0.4 is 5.32 Å². The van der Waals surface area contributed by atoms with Gasteiger partial charge < -0.3 is 10.1 Å². The molecular formula is C18H30N2O. The SMILES string of the molecule is CC(C)CNCc1ccc(CN(C)CC2CCCO2)cc1. The molecule has 0 aromatic heterocycles. The second kappa shape index (κ2) is 8.52. The van der Waals surface area contributed by atoms with Crippen LogP contribution in [0.2, 0.25) is 0 Å². The number of nitrogens with one attached hydrogen (secondary N) is 1. The van der Waals surface area contributed by atoms with E-state index in [0.29, 0.717) is 12.0 Å². The number of hydrogen-bond donors (Lipinski definition) is 1. The van der Waals surface area contributed by atoms with Crippen LogP contribution >= 0.6 is 0 Å². The van der Waals surface area contributed by atoms with Crippen LogP contribution in [0, 0.1) is 5.92 Å². The van der Waals surface area contributed by atoms with Crippen LogP contribution in [0.25, 0.3) is 0 Å². The van der Waals surface area contributed by atoms with Gasteiger partial charge in [0.25, 0.3) is 0 Å². The highest BCUT2D eigenvalue weighted by Gasteiger charge is 2.17. The maximum absolute atomic E-state index is 5.69. The van der Waals surface area contributed by atoms with Crippen molar-refractivity contribution in [2.24, 2.45) is 5.92 Å². The standard InChI is InChI=1S/C18H30N2O/c1-15(2)11-19-12-16-6-8-17(9-7-16)13-20(3)14-18-5-4-10-21-18/h6-9,15,18-19H,4-5,10-14H2,1-3H3. The maximum Gasteiger partial charge on any atom is 0.0702 e. The van der Waals surface area contributed by atoms with Gasteiger partial charge in [0, 0.05) is 26.2 Å². The van der Waals surface area contributed by atoms with Gasteiger partial charge in [0.15, 0.2) is 0 Å². The van der Waals surface area contributed by atoms with Gasteiger partial charge in [-0.15, -0.1) is 0 Å². The molecule has 0 aliphatic carbocycles. The zero-order chi connectivity index (χ0) is 15.1. The zero-order valence-electron chi connectivity index (χ0n) is 13.8. The highest BCUT2D eigenvalue weighted by Crippen LogP contribution is 2.14. The predicted molar refractivity (Wildman–Crippen MR) is 88.3 cm³/mol. The second-order valence-electron chi connectivity index (χ2n) is 6.67. The fourth-order valence-corrected chi connectivity index (χ4v) is 2.78. The van der Waals surface area contributed by atoms with Crippen molar-refractivity contribution in [3.05, 3.63) is 35.4 Å². The molecular weight excluding hydrogens is 260 g/mol. The fourth-order valence-electron chi connectivity index (χ4n) is 2.78. The first-order valence-electron chi connectivity index (χ1n) is 8.22. The largest absolute Gasteiger partial charge is 0.377 e. The smallest absolute Gasteiger partial charge is 0.0702 e. The second-order valence-corrected chi connectivity index (χ2v) is 6.67. The first kappa shape index (κ1) is 16.5. The van der Waals surface area contributed by atoms with Crippen molar-refractivity contribution in [2.75, 3.05) is 26.7 Å². The van der Waals surface area contributed by atoms with E-state index in [-0.39, 0.29) is 0 Å². The van der Waals surface area contributed by atoms with Crippen LogP contribution in [0.5, 0.6) is 0 Å². The lowest BCUT2D eigenvalue weighted by Crippen LogP contribution is -2.28. The van der Waals surface area contributed by atoms with Crippen molar-refractivity contribution in [1.82, 2.24) is 10.2 Å². The zero-order valence-corrected chi connectivity index (χ0v) is 13.8. The first-order valence-corrected chi connectivity index (χ1v) is 8.22. The van der Waals surface area contributed by atoms with Gasteiger partial charge in [0.05, 0.1) is 6.10 Å². The quantitative estimate of drug-likeness (QED) is 0.796. The minimum absolute atomic E-state index is 0.439. The summed E-state index contributed by atoms with van der Waals surface area (Å²) in [6.07, 6.45) is 2.87. The Balaban J connectivity index is 1.73. The molecule has 2 rings (SSSR count). The van der Waals surface area contributed by atoms with Gasteiger partial charge in [0.2, 0.25) is 0 Å². The molecule has 0 saturated carbocycles. The Labute approximate surface area is 129 Å². The molecule has 1 unspecified atom stereocenters. The van der Waals surface area contributed by atoms with E-state index in [9.17, 15) is 0 Å². The third-order valence-electron chi connectivity index (χ3n) is 3.90. The van der Waals surface area contributed by atoms with Crippen LogP contribution in [0.3, 0.4) is 0 Å². The Bertz CT molecular complexity index is 396. The van der Waals surface area contributed by atoms with E-state index in [1.165, 1.54) is 24.0 Å². The summed E-state index contributed by atoms with van der Waals surface area (Å²) in [6, 6.07) is 8.97. The Kier molecular flexibility index (Phi) is 6.68. The molecule has 1 atom stereocenters. The van der Waals surface area contributed by atoms with Gasteiger partial charge in [-0.3, -0.25) is 4.90 Å². The van der Waals surface area contributed by atoms with Crippen LogP contribution in [0.15, 0.2) is 24.3 Å². The van der Waals surface area contributed by atoms with Gasteiger partial charge in [0.1, 0.15) is 0 Å². The number of benzene rings is 1. The summed E-state index contributed by atoms with van der Waals surface area (Å²) in [5.41, 5.74) is 2.74. The Hall–Kier alpha value is -0.900. The molecule has 1 saturated heterocycles. The lowest BCUT2D eigenvalue weighted by molar-refractivity contribution is 0.0793. The minimum atomic E-state index is 0.439. The van der Waals surface area contributed by atoms with Crippen molar-refractivity contribution in [2.45, 2.75) is 45.9 Å². The topological polar surface area (TPSA) is 24.5 Å². The molecule has 1 aliphatic heterocycles. The minimum Gasteiger partial charge on any atom is -0.377 e. The van der Waals surface area contributed by atoms with Gasteiger partial charge in [-0.25, -0.2) is 0 Å². The summed E-state index contributed by atoms with van der Waals surface area (Å²) in [6.45, 7) is 9.49. The molecule has 118 valence electrons. The highest BCUT2D eigenvalue weighted by atomic mass is 16.5. The summed E-state index contributed by atoms with van der Waals surface area (Å²) in [7, 11) is 2.18. The number of rotatable bonds is 8. The number of nitrogens with zero attached hydrogens (tertiary/aromatic N) is 1. The molecule has 0 spiro atoms. The van der Waals surface area contributed by atoms with E-state index < -0.39 is 0 Å². The molecule has 1 aromatic carbocycles. The number of ether oxygens (including phenoxy) is 1. The molecule has 1 heterocycles. The van der Waals surface area contributed by atoms with Gasteiger partial charge in [-0.05, 0) is 43.5 Å². The molecule has 1 fully saturated rings. The van der Waals surface area contributed by atoms with Crippen molar-refractivity contribution >= 4 is 0 Å². The molecule has 1 aliphatic rings. The lowest BCUT2D eigenvalue weighted by Gasteiger charge is -2.20. The van der Waals surface area contributed by atoms with Gasteiger partial charge >= 0.3 is 0 Å².